The van der Waals surface area contributed by atoms with Crippen molar-refractivity contribution < 1.29 is 0 Å². The van der Waals surface area contributed by atoms with E-state index in [1.807, 2.05) is 0 Å². The fourth-order valence-corrected chi connectivity index (χ4v) is 5.71. The van der Waals surface area contributed by atoms with Crippen LogP contribution in [0.15, 0.2) is 146 Å². The lowest BCUT2D eigenvalue weighted by Gasteiger charge is -2.36. The molecule has 7 rings (SSSR count). The van der Waals surface area contributed by atoms with Crippen molar-refractivity contribution >= 4 is 11.4 Å². The van der Waals surface area contributed by atoms with Gasteiger partial charge in [-0.3, -0.25) is 0 Å². The molecule has 0 saturated carbocycles. The first kappa shape index (κ1) is 21.6. The van der Waals surface area contributed by atoms with Gasteiger partial charge in [0.05, 0.1) is 17.4 Å². The van der Waals surface area contributed by atoms with E-state index in [1.54, 1.807) is 0 Å². The molecule has 1 aliphatic heterocycles. The number of pyridine rings is 1. The van der Waals surface area contributed by atoms with E-state index < -0.39 is 0 Å². The molecule has 1 aliphatic carbocycles. The first-order valence-corrected chi connectivity index (χ1v) is 12.8. The van der Waals surface area contributed by atoms with Gasteiger partial charge in [0.25, 0.3) is 0 Å². The number of para-hydroxylation sites is 1. The third-order valence-corrected chi connectivity index (χ3v) is 7.40. The zero-order valence-electron chi connectivity index (χ0n) is 20.4. The smallest absolute Gasteiger partial charge is 0.0730 e. The molecule has 2 heteroatoms. The average molecular weight is 475 g/mol. The Morgan fingerprint density at radius 1 is 0.541 bits per heavy atom. The molecule has 0 radical (unpaired) electrons. The Hall–Kier alpha value is -4.69. The monoisotopic (exact) mass is 474 g/mol. The summed E-state index contributed by atoms with van der Waals surface area (Å²) in [6, 6.07) is 43.3. The Labute approximate surface area is 217 Å². The van der Waals surface area contributed by atoms with Crippen LogP contribution < -0.4 is 4.90 Å². The number of fused-ring (bicyclic) bond motifs is 5. The number of anilines is 2. The molecule has 0 saturated heterocycles. The van der Waals surface area contributed by atoms with Crippen LogP contribution in [0.1, 0.15) is 11.5 Å². The largest absolute Gasteiger partial charge is 0.333 e. The predicted octanol–water partition coefficient (Wildman–Crippen LogP) is 8.81. The number of hydrogen-bond donors (Lipinski definition) is 0. The summed E-state index contributed by atoms with van der Waals surface area (Å²) in [6.07, 6.45) is 9.06. The number of rotatable bonds is 3. The molecular formula is C35H26N2. The summed E-state index contributed by atoms with van der Waals surface area (Å²) in [5.74, 6) is 0.238. The lowest BCUT2D eigenvalue weighted by molar-refractivity contribution is 0.697. The summed E-state index contributed by atoms with van der Waals surface area (Å²) in [5.41, 5.74) is 10.5. The van der Waals surface area contributed by atoms with Crippen LogP contribution >= 0.6 is 0 Å². The van der Waals surface area contributed by atoms with Gasteiger partial charge in [0.1, 0.15) is 0 Å². The third-order valence-electron chi connectivity index (χ3n) is 7.40. The highest BCUT2D eigenvalue weighted by atomic mass is 15.2. The van der Waals surface area contributed by atoms with Crippen molar-refractivity contribution in [2.24, 2.45) is 0 Å². The molecule has 5 aromatic rings. The Bertz CT molecular complexity index is 1580. The van der Waals surface area contributed by atoms with Crippen molar-refractivity contribution in [2.75, 3.05) is 4.90 Å². The van der Waals surface area contributed by atoms with Gasteiger partial charge < -0.3 is 4.90 Å². The summed E-state index contributed by atoms with van der Waals surface area (Å²) in [7, 11) is 0. The van der Waals surface area contributed by atoms with E-state index in [4.69, 9.17) is 4.98 Å². The summed E-state index contributed by atoms with van der Waals surface area (Å²) in [6.45, 7) is 0. The number of nitrogens with zero attached hydrogens (tertiary/aromatic N) is 2. The maximum Gasteiger partial charge on any atom is 0.0730 e. The molecule has 37 heavy (non-hydrogen) atoms. The fraction of sp³-hybridized carbons (Fsp3) is 0.0571. The van der Waals surface area contributed by atoms with Crippen molar-refractivity contribution in [3.05, 3.63) is 151 Å². The second kappa shape index (κ2) is 9.07. The number of aromatic nitrogens is 1. The van der Waals surface area contributed by atoms with Gasteiger partial charge in [0.2, 0.25) is 0 Å². The molecule has 2 aliphatic rings. The second-order valence-electron chi connectivity index (χ2n) is 9.59. The molecule has 2 unspecified atom stereocenters. The minimum absolute atomic E-state index is 0.143. The SMILES string of the molecule is C1=CC2c3ccccc3-c3ccccc3N(c3cc(-c4ccccc4)nc(-c4ccccc4)c3)C2C=C1. The van der Waals surface area contributed by atoms with E-state index in [1.165, 1.54) is 22.4 Å². The Morgan fingerprint density at radius 2 is 1.11 bits per heavy atom. The molecule has 1 aromatic heterocycles. The van der Waals surface area contributed by atoms with Gasteiger partial charge in [0.15, 0.2) is 0 Å². The highest BCUT2D eigenvalue weighted by Crippen LogP contribution is 2.48. The first-order chi connectivity index (χ1) is 18.4. The molecule has 176 valence electrons. The second-order valence-corrected chi connectivity index (χ2v) is 9.59. The zero-order valence-corrected chi connectivity index (χ0v) is 20.4. The van der Waals surface area contributed by atoms with Gasteiger partial charge in [-0.25, -0.2) is 4.98 Å². The van der Waals surface area contributed by atoms with E-state index in [0.717, 1.165) is 28.2 Å². The molecule has 2 nitrogen and oxygen atoms in total. The lowest BCUT2D eigenvalue weighted by Crippen LogP contribution is -2.34. The maximum atomic E-state index is 5.13. The van der Waals surface area contributed by atoms with Gasteiger partial charge >= 0.3 is 0 Å². The van der Waals surface area contributed by atoms with Crippen molar-refractivity contribution in [3.63, 3.8) is 0 Å². The summed E-state index contributed by atoms with van der Waals surface area (Å²) >= 11 is 0. The molecule has 0 fully saturated rings. The standard InChI is InChI=1S/C35H26N2/c1-3-13-25(14-4-1)32-23-27(24-33(36-32)26-15-5-2-6-16-26)37-34-21-11-9-19-30(34)28-17-7-8-18-29(28)31-20-10-12-22-35(31)37/h1-24,30,34H. The van der Waals surface area contributed by atoms with Crippen LogP contribution in [0.4, 0.5) is 11.4 Å². The predicted molar refractivity (Wildman–Crippen MR) is 154 cm³/mol. The molecule has 0 spiro atoms. The summed E-state index contributed by atoms with van der Waals surface area (Å²) in [5, 5.41) is 0. The Morgan fingerprint density at radius 3 is 1.81 bits per heavy atom. The number of allylic oxidation sites excluding steroid dienone is 2. The van der Waals surface area contributed by atoms with Gasteiger partial charge in [-0.05, 0) is 29.3 Å². The molecule has 0 N–H and O–H groups in total. The summed E-state index contributed by atoms with van der Waals surface area (Å²) in [4.78, 5) is 7.65. The Kier molecular flexibility index (Phi) is 5.29. The molecular weight excluding hydrogens is 448 g/mol. The fourth-order valence-electron chi connectivity index (χ4n) is 5.71. The molecule has 0 bridgehead atoms. The van der Waals surface area contributed by atoms with Gasteiger partial charge in [-0.15, -0.1) is 0 Å². The third kappa shape index (κ3) is 3.78. The lowest BCUT2D eigenvalue weighted by atomic mass is 9.85. The number of benzene rings is 4. The van der Waals surface area contributed by atoms with Gasteiger partial charge in [-0.2, -0.15) is 0 Å². The zero-order chi connectivity index (χ0) is 24.6. The Balaban J connectivity index is 1.50. The van der Waals surface area contributed by atoms with Crippen molar-refractivity contribution in [2.45, 2.75) is 12.0 Å². The molecule has 2 heterocycles. The number of hydrogen-bond acceptors (Lipinski definition) is 2. The minimum atomic E-state index is 0.143. The van der Waals surface area contributed by atoms with E-state index >= 15 is 0 Å². The molecule has 0 amide bonds. The van der Waals surface area contributed by atoms with Crippen LogP contribution in [0.3, 0.4) is 0 Å². The van der Waals surface area contributed by atoms with Crippen LogP contribution in [-0.4, -0.2) is 11.0 Å². The highest BCUT2D eigenvalue weighted by molar-refractivity contribution is 5.88. The van der Waals surface area contributed by atoms with E-state index in [9.17, 15) is 0 Å². The maximum absolute atomic E-state index is 5.13. The van der Waals surface area contributed by atoms with Gasteiger partial charge in [0, 0.05) is 34.0 Å². The van der Waals surface area contributed by atoms with E-state index in [0.29, 0.717) is 0 Å². The van der Waals surface area contributed by atoms with Crippen molar-refractivity contribution in [1.82, 2.24) is 4.98 Å². The van der Waals surface area contributed by atoms with Crippen LogP contribution in [-0.2, 0) is 0 Å². The van der Waals surface area contributed by atoms with E-state index in [-0.39, 0.29) is 12.0 Å². The van der Waals surface area contributed by atoms with Gasteiger partial charge in [-0.1, -0.05) is 127 Å². The topological polar surface area (TPSA) is 16.1 Å². The molecule has 2 atom stereocenters. The minimum Gasteiger partial charge on any atom is -0.333 e. The van der Waals surface area contributed by atoms with Crippen LogP contribution in [0.2, 0.25) is 0 Å². The normalized spacial score (nSPS) is 17.5. The van der Waals surface area contributed by atoms with Crippen LogP contribution in [0, 0.1) is 0 Å². The quantitative estimate of drug-likeness (QED) is 0.260. The van der Waals surface area contributed by atoms with Crippen molar-refractivity contribution in [3.8, 4) is 33.6 Å². The summed E-state index contributed by atoms with van der Waals surface area (Å²) < 4.78 is 0. The highest BCUT2D eigenvalue weighted by Gasteiger charge is 2.34. The molecule has 4 aromatic carbocycles. The van der Waals surface area contributed by atoms with Crippen molar-refractivity contribution in [1.29, 1.82) is 0 Å². The first-order valence-electron chi connectivity index (χ1n) is 12.8. The van der Waals surface area contributed by atoms with Crippen LogP contribution in [0.25, 0.3) is 33.6 Å². The van der Waals surface area contributed by atoms with E-state index in [2.05, 4.69) is 151 Å². The average Bonchev–Trinajstić information content (AvgIpc) is 3.11. The van der Waals surface area contributed by atoms with Crippen LogP contribution in [0.5, 0.6) is 0 Å².